The van der Waals surface area contributed by atoms with Crippen molar-refractivity contribution in [2.45, 2.75) is 26.9 Å². The smallest absolute Gasteiger partial charge is 0.280 e. The fourth-order valence-electron chi connectivity index (χ4n) is 2.48. The topological polar surface area (TPSA) is 74.2 Å². The van der Waals surface area contributed by atoms with Gasteiger partial charge in [0.25, 0.3) is 5.91 Å². The highest BCUT2D eigenvalue weighted by Gasteiger charge is 2.14. The number of phenolic OH excluding ortho intramolecular Hbond substituents is 1. The number of phenols is 1. The minimum absolute atomic E-state index is 0.107. The largest absolute Gasteiger partial charge is 0.507 e. The Morgan fingerprint density at radius 3 is 2.67 bits per heavy atom. The Labute approximate surface area is 168 Å². The molecule has 0 saturated heterocycles. The minimum Gasteiger partial charge on any atom is -0.507 e. The lowest BCUT2D eigenvalue weighted by molar-refractivity contribution is -0.127. The van der Waals surface area contributed by atoms with Crippen molar-refractivity contribution in [2.75, 3.05) is 18.0 Å². The predicted octanol–water partition coefficient (Wildman–Crippen LogP) is 3.92. The van der Waals surface area contributed by atoms with Crippen LogP contribution in [0.1, 0.15) is 26.3 Å². The van der Waals surface area contributed by atoms with Gasteiger partial charge in [-0.3, -0.25) is 4.79 Å². The number of nitrogens with one attached hydrogen (secondary N) is 1. The van der Waals surface area contributed by atoms with Crippen molar-refractivity contribution in [2.24, 2.45) is 5.10 Å². The Bertz CT molecular complexity index is 807. The first kappa shape index (κ1) is 20.8. The zero-order chi connectivity index (χ0) is 19.8. The number of aromatic hydroxyl groups is 1. The Morgan fingerprint density at radius 2 is 2.04 bits per heavy atom. The second-order valence-electron chi connectivity index (χ2n) is 5.87. The zero-order valence-corrected chi connectivity index (χ0v) is 17.2. The SMILES string of the molecule is CCN(CC)c1ccc(C=NNC(=O)C(C)Oc2cccc(Br)c2)c(O)c1. The van der Waals surface area contributed by atoms with Gasteiger partial charge in [0.2, 0.25) is 0 Å². The van der Waals surface area contributed by atoms with Gasteiger partial charge >= 0.3 is 0 Å². The van der Waals surface area contributed by atoms with E-state index in [1.165, 1.54) is 6.21 Å². The van der Waals surface area contributed by atoms with E-state index >= 15 is 0 Å². The zero-order valence-electron chi connectivity index (χ0n) is 15.6. The molecule has 0 aromatic heterocycles. The second kappa shape index (κ2) is 9.97. The second-order valence-corrected chi connectivity index (χ2v) is 6.78. The van der Waals surface area contributed by atoms with Crippen LogP contribution in [0.3, 0.4) is 0 Å². The molecule has 7 heteroatoms. The van der Waals surface area contributed by atoms with Crippen LogP contribution in [0.4, 0.5) is 5.69 Å². The van der Waals surface area contributed by atoms with Gasteiger partial charge in [-0.05, 0) is 51.1 Å². The maximum atomic E-state index is 12.1. The molecule has 0 aliphatic heterocycles. The fraction of sp³-hybridized carbons (Fsp3) is 0.300. The molecule has 0 bridgehead atoms. The number of anilines is 1. The van der Waals surface area contributed by atoms with Gasteiger partial charge in [0.1, 0.15) is 11.5 Å². The summed E-state index contributed by atoms with van der Waals surface area (Å²) in [6, 6.07) is 12.6. The molecular weight excluding hydrogens is 410 g/mol. The number of rotatable bonds is 8. The molecule has 0 heterocycles. The number of hydrazone groups is 1. The van der Waals surface area contributed by atoms with Gasteiger partial charge in [0.05, 0.1) is 6.21 Å². The van der Waals surface area contributed by atoms with E-state index in [0.717, 1.165) is 23.2 Å². The van der Waals surface area contributed by atoms with Crippen molar-refractivity contribution < 1.29 is 14.6 Å². The highest BCUT2D eigenvalue weighted by atomic mass is 79.9. The molecule has 0 saturated carbocycles. The summed E-state index contributed by atoms with van der Waals surface area (Å²) in [6.07, 6.45) is 0.695. The molecule has 0 fully saturated rings. The number of carbonyl (C=O) groups is 1. The van der Waals surface area contributed by atoms with Crippen molar-refractivity contribution >= 4 is 33.7 Å². The summed E-state index contributed by atoms with van der Waals surface area (Å²) in [5.74, 6) is 0.307. The molecule has 0 spiro atoms. The molecular formula is C20H24BrN3O3. The molecule has 27 heavy (non-hydrogen) atoms. The van der Waals surface area contributed by atoms with E-state index < -0.39 is 6.10 Å². The summed E-state index contributed by atoms with van der Waals surface area (Å²) in [4.78, 5) is 14.2. The Morgan fingerprint density at radius 1 is 1.30 bits per heavy atom. The Kier molecular flexibility index (Phi) is 7.67. The predicted molar refractivity (Wildman–Crippen MR) is 112 cm³/mol. The van der Waals surface area contributed by atoms with Gasteiger partial charge in [-0.25, -0.2) is 5.43 Å². The Hall–Kier alpha value is -2.54. The molecule has 2 aromatic rings. The van der Waals surface area contributed by atoms with Gasteiger partial charge in [0, 0.05) is 34.9 Å². The average molecular weight is 434 g/mol. The van der Waals surface area contributed by atoms with Crippen molar-refractivity contribution in [3.63, 3.8) is 0 Å². The third kappa shape index (κ3) is 5.99. The summed E-state index contributed by atoms with van der Waals surface area (Å²) in [6.45, 7) is 7.47. The molecule has 1 unspecified atom stereocenters. The van der Waals surface area contributed by atoms with Gasteiger partial charge in [-0.15, -0.1) is 0 Å². The third-order valence-corrected chi connectivity index (χ3v) is 4.49. The van der Waals surface area contributed by atoms with Gasteiger partial charge < -0.3 is 14.7 Å². The van der Waals surface area contributed by atoms with E-state index in [1.807, 2.05) is 18.2 Å². The number of ether oxygens (including phenoxy) is 1. The number of hydrogen-bond donors (Lipinski definition) is 2. The lowest BCUT2D eigenvalue weighted by Gasteiger charge is -2.21. The molecule has 2 aromatic carbocycles. The first-order valence-corrected chi connectivity index (χ1v) is 9.57. The number of benzene rings is 2. The van der Waals surface area contributed by atoms with Crippen LogP contribution >= 0.6 is 15.9 Å². The summed E-state index contributed by atoms with van der Waals surface area (Å²) in [7, 11) is 0. The lowest BCUT2D eigenvalue weighted by Crippen LogP contribution is -2.33. The van der Waals surface area contributed by atoms with Crippen molar-refractivity contribution in [3.05, 3.63) is 52.5 Å². The first-order chi connectivity index (χ1) is 12.9. The minimum atomic E-state index is -0.713. The maximum absolute atomic E-state index is 12.1. The van der Waals surface area contributed by atoms with Gasteiger partial charge in [-0.1, -0.05) is 22.0 Å². The molecule has 1 atom stereocenters. The van der Waals surface area contributed by atoms with E-state index in [4.69, 9.17) is 4.74 Å². The lowest BCUT2D eigenvalue weighted by atomic mass is 10.2. The highest BCUT2D eigenvalue weighted by Crippen LogP contribution is 2.23. The highest BCUT2D eigenvalue weighted by molar-refractivity contribution is 9.10. The standard InChI is InChI=1S/C20H24BrN3O3/c1-4-24(5-2)17-10-9-15(19(25)12-17)13-22-23-20(26)14(3)27-18-8-6-7-16(21)11-18/h6-14,25H,4-5H2,1-3H3,(H,23,26). The molecule has 2 N–H and O–H groups in total. The summed E-state index contributed by atoms with van der Waals surface area (Å²) >= 11 is 3.36. The van der Waals surface area contributed by atoms with E-state index in [2.05, 4.69) is 45.2 Å². The molecule has 2 rings (SSSR count). The normalized spacial score (nSPS) is 12.0. The van der Waals surface area contributed by atoms with E-state index in [-0.39, 0.29) is 11.7 Å². The van der Waals surface area contributed by atoms with E-state index in [9.17, 15) is 9.90 Å². The van der Waals surface area contributed by atoms with Crippen LogP contribution in [0, 0.1) is 0 Å². The maximum Gasteiger partial charge on any atom is 0.280 e. The number of halogens is 1. The quantitative estimate of drug-likeness (QED) is 0.488. The van der Waals surface area contributed by atoms with Crippen molar-refractivity contribution in [3.8, 4) is 11.5 Å². The van der Waals surface area contributed by atoms with Crippen LogP contribution in [0.25, 0.3) is 0 Å². The van der Waals surface area contributed by atoms with E-state index in [1.54, 1.807) is 31.2 Å². The summed E-state index contributed by atoms with van der Waals surface area (Å²) in [5.41, 5.74) is 3.88. The summed E-state index contributed by atoms with van der Waals surface area (Å²) < 4.78 is 6.45. The third-order valence-electron chi connectivity index (χ3n) is 4.00. The summed E-state index contributed by atoms with van der Waals surface area (Å²) in [5, 5.41) is 14.1. The van der Waals surface area contributed by atoms with Crippen molar-refractivity contribution in [1.29, 1.82) is 0 Å². The fourth-order valence-corrected chi connectivity index (χ4v) is 2.86. The van der Waals surface area contributed by atoms with Crippen LogP contribution in [-0.2, 0) is 4.79 Å². The molecule has 0 aliphatic rings. The van der Waals surface area contributed by atoms with Crippen LogP contribution in [-0.4, -0.2) is 36.4 Å². The first-order valence-electron chi connectivity index (χ1n) is 8.77. The van der Waals surface area contributed by atoms with E-state index in [0.29, 0.717) is 11.3 Å². The molecule has 0 aliphatic carbocycles. The number of carbonyl (C=O) groups excluding carboxylic acids is 1. The number of amides is 1. The van der Waals surface area contributed by atoms with Gasteiger partial charge in [-0.2, -0.15) is 5.10 Å². The Balaban J connectivity index is 1.95. The number of nitrogens with zero attached hydrogens (tertiary/aromatic N) is 2. The number of hydrogen-bond acceptors (Lipinski definition) is 5. The van der Waals surface area contributed by atoms with Gasteiger partial charge in [0.15, 0.2) is 6.10 Å². The molecule has 6 nitrogen and oxygen atoms in total. The monoisotopic (exact) mass is 433 g/mol. The molecule has 1 amide bonds. The average Bonchev–Trinajstić information content (AvgIpc) is 2.64. The van der Waals surface area contributed by atoms with Crippen LogP contribution in [0.5, 0.6) is 11.5 Å². The molecule has 0 radical (unpaired) electrons. The van der Waals surface area contributed by atoms with Crippen molar-refractivity contribution in [1.82, 2.24) is 5.43 Å². The van der Waals surface area contributed by atoms with Crippen LogP contribution in [0.2, 0.25) is 0 Å². The van der Waals surface area contributed by atoms with Crippen LogP contribution in [0.15, 0.2) is 52.0 Å². The van der Waals surface area contributed by atoms with Crippen LogP contribution < -0.4 is 15.1 Å². The molecule has 144 valence electrons.